The van der Waals surface area contributed by atoms with Gasteiger partial charge in [-0.25, -0.2) is 0 Å². The number of fused-ring (bicyclic) bond motifs is 1. The molecule has 4 heteroatoms. The van der Waals surface area contributed by atoms with Crippen LogP contribution in [0.15, 0.2) is 71.5 Å². The van der Waals surface area contributed by atoms with E-state index in [1.165, 1.54) is 6.08 Å². The van der Waals surface area contributed by atoms with Crippen molar-refractivity contribution >= 4 is 5.78 Å². The van der Waals surface area contributed by atoms with E-state index in [9.17, 15) is 9.90 Å². The predicted octanol–water partition coefficient (Wildman–Crippen LogP) is 2.04. The van der Waals surface area contributed by atoms with E-state index in [1.807, 2.05) is 18.2 Å². The van der Waals surface area contributed by atoms with Gasteiger partial charge in [-0.3, -0.25) is 4.79 Å². The fourth-order valence-electron chi connectivity index (χ4n) is 1.75. The molecule has 1 aliphatic carbocycles. The van der Waals surface area contributed by atoms with E-state index in [0.717, 1.165) is 5.70 Å². The first-order valence-corrected chi connectivity index (χ1v) is 5.16. The minimum atomic E-state index is -0.424. The molecule has 0 atom stereocenters. The molecule has 0 aromatic rings. The van der Waals surface area contributed by atoms with Crippen LogP contribution in [0.2, 0.25) is 0 Å². The van der Waals surface area contributed by atoms with Crippen LogP contribution in [0.5, 0.6) is 0 Å². The van der Waals surface area contributed by atoms with Gasteiger partial charge in [-0.2, -0.15) is 5.06 Å². The topological polar surface area (TPSA) is 49.8 Å². The van der Waals surface area contributed by atoms with Crippen LogP contribution in [0, 0.1) is 0 Å². The third-order valence-electron chi connectivity index (χ3n) is 2.59. The summed E-state index contributed by atoms with van der Waals surface area (Å²) < 4.78 is 0. The number of carbonyl (C=O) groups excluding carboxylic acids is 1. The molecule has 0 radical (unpaired) electrons. The Morgan fingerprint density at radius 1 is 1.18 bits per heavy atom. The molecule has 2 heterocycles. The highest BCUT2D eigenvalue weighted by Crippen LogP contribution is 2.29. The monoisotopic (exact) mass is 227 g/mol. The number of hydroxylamine groups is 2. The van der Waals surface area contributed by atoms with Crippen LogP contribution >= 0.6 is 0 Å². The zero-order valence-electron chi connectivity index (χ0n) is 8.83. The van der Waals surface area contributed by atoms with Crippen molar-refractivity contribution in [3.8, 4) is 0 Å². The third-order valence-corrected chi connectivity index (χ3v) is 2.59. The molecule has 17 heavy (non-hydrogen) atoms. The molecule has 0 aromatic heterocycles. The molecule has 3 rings (SSSR count). The van der Waals surface area contributed by atoms with Crippen LogP contribution in [-0.4, -0.2) is 16.0 Å². The normalized spacial score (nSPS) is 25.6. The van der Waals surface area contributed by atoms with Crippen molar-refractivity contribution in [2.24, 2.45) is 0 Å². The number of ketones is 1. The summed E-state index contributed by atoms with van der Waals surface area (Å²) in [5.41, 5.74) is 1.21. The van der Waals surface area contributed by atoms with Crippen molar-refractivity contribution in [2.75, 3.05) is 0 Å². The highest BCUT2D eigenvalue weighted by atomic mass is 16.7. The molecular weight excluding hydrogens is 218 g/mol. The molecule has 0 spiro atoms. The number of nitrogens with zero attached hydrogens (tertiary/aromatic N) is 1. The van der Waals surface area contributed by atoms with Crippen LogP contribution in [0.3, 0.4) is 0 Å². The Hall–Kier alpha value is -2.49. The molecular formula is C13H9NO3. The van der Waals surface area contributed by atoms with Gasteiger partial charge < -0.3 is 9.94 Å². The van der Waals surface area contributed by atoms with E-state index in [-0.39, 0.29) is 5.76 Å². The predicted molar refractivity (Wildman–Crippen MR) is 61.2 cm³/mol. The lowest BCUT2D eigenvalue weighted by atomic mass is 10.0. The smallest absolute Gasteiger partial charge is 0.231 e. The number of rotatable bonds is 0. The summed E-state index contributed by atoms with van der Waals surface area (Å²) >= 11 is 0. The van der Waals surface area contributed by atoms with Crippen LogP contribution in [-0.2, 0) is 9.63 Å². The van der Waals surface area contributed by atoms with E-state index in [0.29, 0.717) is 11.3 Å². The summed E-state index contributed by atoms with van der Waals surface area (Å²) in [6.07, 6.45) is 13.7. The van der Waals surface area contributed by atoms with Gasteiger partial charge >= 0.3 is 0 Å². The zero-order valence-corrected chi connectivity index (χ0v) is 8.83. The fourth-order valence-corrected chi connectivity index (χ4v) is 1.75. The maximum Gasteiger partial charge on any atom is 0.231 e. The van der Waals surface area contributed by atoms with Crippen LogP contribution in [0.4, 0.5) is 0 Å². The first-order chi connectivity index (χ1) is 8.25. The summed E-state index contributed by atoms with van der Waals surface area (Å²) in [5, 5.41) is 10.9. The van der Waals surface area contributed by atoms with Crippen LogP contribution in [0.1, 0.15) is 0 Å². The molecule has 0 unspecified atom stereocenters. The van der Waals surface area contributed by atoms with Crippen LogP contribution in [0.25, 0.3) is 0 Å². The minimum absolute atomic E-state index is 0.270. The molecule has 0 bridgehead atoms. The summed E-state index contributed by atoms with van der Waals surface area (Å²) in [7, 11) is 0. The molecule has 0 saturated heterocycles. The molecule has 0 saturated carbocycles. The van der Waals surface area contributed by atoms with E-state index >= 15 is 0 Å². The van der Waals surface area contributed by atoms with Gasteiger partial charge in [-0.05, 0) is 24.3 Å². The first kappa shape index (κ1) is 9.72. The van der Waals surface area contributed by atoms with Gasteiger partial charge in [0, 0.05) is 12.3 Å². The van der Waals surface area contributed by atoms with E-state index < -0.39 is 5.78 Å². The van der Waals surface area contributed by atoms with Crippen molar-refractivity contribution < 1.29 is 14.7 Å². The largest absolute Gasteiger partial charge is 0.504 e. The van der Waals surface area contributed by atoms with Crippen molar-refractivity contribution in [2.45, 2.75) is 0 Å². The Morgan fingerprint density at radius 3 is 2.88 bits per heavy atom. The second kappa shape index (κ2) is 3.52. The third kappa shape index (κ3) is 1.50. The maximum absolute atomic E-state index is 11.7. The highest BCUT2D eigenvalue weighted by molar-refractivity contribution is 6.10. The van der Waals surface area contributed by atoms with Crippen molar-refractivity contribution in [1.82, 2.24) is 5.06 Å². The lowest BCUT2D eigenvalue weighted by Gasteiger charge is -2.16. The molecule has 2 aliphatic heterocycles. The number of aliphatic hydroxyl groups is 1. The maximum atomic E-state index is 11.7. The first-order valence-electron chi connectivity index (χ1n) is 5.16. The molecule has 4 nitrogen and oxygen atoms in total. The average Bonchev–Trinajstić information content (AvgIpc) is 2.76. The van der Waals surface area contributed by atoms with Gasteiger partial charge in [0.15, 0.2) is 11.5 Å². The lowest BCUT2D eigenvalue weighted by molar-refractivity contribution is -0.114. The van der Waals surface area contributed by atoms with E-state index in [1.54, 1.807) is 29.5 Å². The number of hydrogen-bond donors (Lipinski definition) is 1. The van der Waals surface area contributed by atoms with Crippen molar-refractivity contribution in [1.29, 1.82) is 0 Å². The van der Waals surface area contributed by atoms with Gasteiger partial charge in [0.1, 0.15) is 0 Å². The summed E-state index contributed by atoms with van der Waals surface area (Å²) in [4.78, 5) is 17.2. The second-order valence-electron chi connectivity index (χ2n) is 3.70. The number of carbonyl (C=O) groups is 1. The van der Waals surface area contributed by atoms with Crippen molar-refractivity contribution in [3.63, 3.8) is 0 Å². The minimum Gasteiger partial charge on any atom is -0.504 e. The highest BCUT2D eigenvalue weighted by Gasteiger charge is 2.25. The SMILES string of the molecule is O=C1C(O)=CC=C/C1=C1/C=C2C=CC=CN2O1. The molecule has 84 valence electrons. The Bertz CT molecular complexity index is 573. The quantitative estimate of drug-likeness (QED) is 0.643. The van der Waals surface area contributed by atoms with E-state index in [2.05, 4.69) is 0 Å². The Balaban J connectivity index is 2.02. The summed E-state index contributed by atoms with van der Waals surface area (Å²) in [6, 6.07) is 0. The van der Waals surface area contributed by atoms with E-state index in [4.69, 9.17) is 4.84 Å². The number of aliphatic hydroxyl groups excluding tert-OH is 1. The van der Waals surface area contributed by atoms with Crippen molar-refractivity contribution in [3.05, 3.63) is 71.5 Å². The lowest BCUT2D eigenvalue weighted by Crippen LogP contribution is -2.13. The Morgan fingerprint density at radius 2 is 2.06 bits per heavy atom. The fraction of sp³-hybridized carbons (Fsp3) is 0. The standard InChI is InChI=1S/C13H9NO3/c15-11-6-3-5-10(13(11)16)12-8-9-4-1-2-7-14(9)17-12/h1-8,15H/b12-10+. The molecule has 0 amide bonds. The van der Waals surface area contributed by atoms with Gasteiger partial charge in [0.25, 0.3) is 0 Å². The van der Waals surface area contributed by atoms with Gasteiger partial charge in [0.05, 0.1) is 11.3 Å². The summed E-state index contributed by atoms with van der Waals surface area (Å²) in [6.45, 7) is 0. The Labute approximate surface area is 97.7 Å². The molecule has 3 aliphatic rings. The van der Waals surface area contributed by atoms with Crippen LogP contribution < -0.4 is 0 Å². The molecule has 0 fully saturated rings. The molecule has 1 N–H and O–H groups in total. The molecule has 0 aromatic carbocycles. The Kier molecular flexibility index (Phi) is 2.01. The second-order valence-corrected chi connectivity index (χ2v) is 3.70. The summed E-state index contributed by atoms with van der Waals surface area (Å²) in [5.74, 6) is -0.253. The van der Waals surface area contributed by atoms with Gasteiger partial charge in [0.2, 0.25) is 5.78 Å². The average molecular weight is 227 g/mol. The number of hydrogen-bond acceptors (Lipinski definition) is 4. The number of Topliss-reactive ketones (excluding diaryl/α,β-unsaturated/α-hetero) is 1. The van der Waals surface area contributed by atoms with Gasteiger partial charge in [-0.15, -0.1) is 0 Å². The number of allylic oxidation sites excluding steroid dienone is 8. The zero-order chi connectivity index (χ0) is 11.8. The van der Waals surface area contributed by atoms with Gasteiger partial charge in [-0.1, -0.05) is 12.2 Å².